The third-order valence-corrected chi connectivity index (χ3v) is 3.62. The number of piperidine rings is 1. The Bertz CT molecular complexity index is 476. The molecular weight excluding hydrogens is 268 g/mol. The van der Waals surface area contributed by atoms with E-state index in [0.29, 0.717) is 19.7 Å². The van der Waals surface area contributed by atoms with Gasteiger partial charge in [-0.2, -0.15) is 0 Å². The average molecular weight is 290 g/mol. The van der Waals surface area contributed by atoms with Crippen LogP contribution >= 0.6 is 0 Å². The summed E-state index contributed by atoms with van der Waals surface area (Å²) in [7, 11) is 0. The van der Waals surface area contributed by atoms with Crippen molar-refractivity contribution in [2.24, 2.45) is 5.92 Å². The first-order valence-corrected chi connectivity index (χ1v) is 7.42. The van der Waals surface area contributed by atoms with E-state index in [1.807, 2.05) is 37.3 Å². The number of carbonyl (C=O) groups is 2. The Balaban J connectivity index is 1.88. The van der Waals surface area contributed by atoms with Crippen LogP contribution in [0, 0.1) is 5.92 Å². The summed E-state index contributed by atoms with van der Waals surface area (Å²) in [5.74, 6) is -0.200. The topological polar surface area (TPSA) is 58.6 Å². The molecule has 0 radical (unpaired) electrons. The Hall–Kier alpha value is -1.88. The number of hydrogen-bond acceptors (Lipinski definition) is 3. The molecule has 2 amide bonds. The zero-order chi connectivity index (χ0) is 15.1. The van der Waals surface area contributed by atoms with E-state index in [9.17, 15) is 9.59 Å². The molecule has 21 heavy (non-hydrogen) atoms. The maximum atomic E-state index is 12.3. The first-order valence-electron chi connectivity index (χ1n) is 7.42. The minimum atomic E-state index is -0.149. The highest BCUT2D eigenvalue weighted by molar-refractivity contribution is 5.93. The van der Waals surface area contributed by atoms with Crippen molar-refractivity contribution < 1.29 is 14.3 Å². The van der Waals surface area contributed by atoms with Crippen LogP contribution in [0.4, 0.5) is 5.69 Å². The summed E-state index contributed by atoms with van der Waals surface area (Å²) < 4.78 is 5.15. The van der Waals surface area contributed by atoms with Crippen molar-refractivity contribution in [2.75, 3.05) is 31.6 Å². The van der Waals surface area contributed by atoms with Crippen LogP contribution in [-0.4, -0.2) is 43.0 Å². The zero-order valence-corrected chi connectivity index (χ0v) is 12.4. The van der Waals surface area contributed by atoms with Gasteiger partial charge >= 0.3 is 0 Å². The molecule has 1 heterocycles. The quantitative estimate of drug-likeness (QED) is 0.901. The highest BCUT2D eigenvalue weighted by Gasteiger charge is 2.28. The van der Waals surface area contributed by atoms with Crippen LogP contribution in [0.15, 0.2) is 30.3 Å². The second-order valence-electron chi connectivity index (χ2n) is 5.17. The van der Waals surface area contributed by atoms with Gasteiger partial charge in [0.05, 0.1) is 5.92 Å². The molecule has 0 bridgehead atoms. The molecule has 5 nitrogen and oxygen atoms in total. The van der Waals surface area contributed by atoms with Gasteiger partial charge in [-0.05, 0) is 31.9 Å². The number of nitrogens with zero attached hydrogens (tertiary/aromatic N) is 1. The second-order valence-corrected chi connectivity index (χ2v) is 5.17. The number of anilines is 1. The van der Waals surface area contributed by atoms with Crippen molar-refractivity contribution in [3.05, 3.63) is 30.3 Å². The van der Waals surface area contributed by atoms with Gasteiger partial charge in [-0.1, -0.05) is 18.2 Å². The van der Waals surface area contributed by atoms with Gasteiger partial charge in [0.1, 0.15) is 6.61 Å². The number of benzene rings is 1. The molecule has 1 saturated heterocycles. The van der Waals surface area contributed by atoms with Gasteiger partial charge in [-0.3, -0.25) is 9.59 Å². The number of hydrogen-bond donors (Lipinski definition) is 1. The first-order chi connectivity index (χ1) is 10.2. The van der Waals surface area contributed by atoms with E-state index in [4.69, 9.17) is 4.74 Å². The Kier molecular flexibility index (Phi) is 5.75. The van der Waals surface area contributed by atoms with Crippen molar-refractivity contribution in [3.8, 4) is 0 Å². The highest BCUT2D eigenvalue weighted by Crippen LogP contribution is 2.19. The van der Waals surface area contributed by atoms with Gasteiger partial charge in [0, 0.05) is 25.4 Å². The maximum absolute atomic E-state index is 12.3. The molecule has 0 aliphatic carbocycles. The largest absolute Gasteiger partial charge is 0.372 e. The van der Waals surface area contributed by atoms with E-state index < -0.39 is 0 Å². The Morgan fingerprint density at radius 2 is 2.10 bits per heavy atom. The summed E-state index contributed by atoms with van der Waals surface area (Å²) in [4.78, 5) is 26.0. The SMILES string of the molecule is CCOCC(=O)N1CCCC(C(=O)Nc2ccccc2)C1. The molecule has 1 unspecified atom stereocenters. The van der Waals surface area contributed by atoms with Crippen molar-refractivity contribution >= 4 is 17.5 Å². The number of para-hydroxylation sites is 1. The Morgan fingerprint density at radius 3 is 2.81 bits per heavy atom. The predicted octanol–water partition coefficient (Wildman–Crippen LogP) is 1.90. The monoisotopic (exact) mass is 290 g/mol. The number of amides is 2. The lowest BCUT2D eigenvalue weighted by atomic mass is 9.97. The molecule has 2 rings (SSSR count). The lowest BCUT2D eigenvalue weighted by Crippen LogP contribution is -2.45. The summed E-state index contributed by atoms with van der Waals surface area (Å²) >= 11 is 0. The Morgan fingerprint density at radius 1 is 1.33 bits per heavy atom. The summed E-state index contributed by atoms with van der Waals surface area (Å²) in [5.41, 5.74) is 0.792. The molecule has 114 valence electrons. The van der Waals surface area contributed by atoms with E-state index in [1.54, 1.807) is 4.90 Å². The molecule has 1 N–H and O–H groups in total. The third-order valence-electron chi connectivity index (χ3n) is 3.62. The third kappa shape index (κ3) is 4.56. The van der Waals surface area contributed by atoms with Crippen LogP contribution in [-0.2, 0) is 14.3 Å². The summed E-state index contributed by atoms with van der Waals surface area (Å²) in [5, 5.41) is 2.91. The zero-order valence-electron chi connectivity index (χ0n) is 12.4. The van der Waals surface area contributed by atoms with Crippen molar-refractivity contribution in [2.45, 2.75) is 19.8 Å². The van der Waals surface area contributed by atoms with Crippen LogP contribution in [0.25, 0.3) is 0 Å². The first kappa shape index (κ1) is 15.5. The van der Waals surface area contributed by atoms with Crippen molar-refractivity contribution in [1.82, 2.24) is 4.90 Å². The van der Waals surface area contributed by atoms with Crippen molar-refractivity contribution in [1.29, 1.82) is 0 Å². The number of nitrogens with one attached hydrogen (secondary N) is 1. The molecule has 1 aliphatic rings. The molecule has 0 spiro atoms. The van der Waals surface area contributed by atoms with Crippen LogP contribution in [0.2, 0.25) is 0 Å². The average Bonchev–Trinajstić information content (AvgIpc) is 2.53. The summed E-state index contributed by atoms with van der Waals surface area (Å²) in [6.45, 7) is 3.67. The number of rotatable bonds is 5. The molecule has 1 aliphatic heterocycles. The fourth-order valence-corrected chi connectivity index (χ4v) is 2.46. The molecule has 0 aromatic heterocycles. The molecule has 1 aromatic carbocycles. The van der Waals surface area contributed by atoms with Crippen molar-refractivity contribution in [3.63, 3.8) is 0 Å². The Labute approximate surface area is 125 Å². The predicted molar refractivity (Wildman–Crippen MR) is 80.9 cm³/mol. The molecule has 1 atom stereocenters. The number of likely N-dealkylation sites (tertiary alicyclic amines) is 1. The van der Waals surface area contributed by atoms with E-state index >= 15 is 0 Å². The van der Waals surface area contributed by atoms with Gasteiger partial charge in [0.15, 0.2) is 0 Å². The standard InChI is InChI=1S/C16H22N2O3/c1-2-21-12-15(19)18-10-6-7-13(11-18)16(20)17-14-8-4-3-5-9-14/h3-5,8-9,13H,2,6-7,10-12H2,1H3,(H,17,20). The maximum Gasteiger partial charge on any atom is 0.248 e. The number of carbonyl (C=O) groups excluding carboxylic acids is 2. The van der Waals surface area contributed by atoms with Crippen LogP contribution < -0.4 is 5.32 Å². The molecule has 5 heteroatoms. The minimum Gasteiger partial charge on any atom is -0.372 e. The van der Waals surface area contributed by atoms with Gasteiger partial charge in [-0.25, -0.2) is 0 Å². The fourth-order valence-electron chi connectivity index (χ4n) is 2.46. The molecular formula is C16H22N2O3. The number of ether oxygens (including phenoxy) is 1. The fraction of sp³-hybridized carbons (Fsp3) is 0.500. The highest BCUT2D eigenvalue weighted by atomic mass is 16.5. The summed E-state index contributed by atoms with van der Waals surface area (Å²) in [6, 6.07) is 9.39. The van der Waals surface area contributed by atoms with Gasteiger partial charge in [0.2, 0.25) is 11.8 Å². The smallest absolute Gasteiger partial charge is 0.248 e. The van der Waals surface area contributed by atoms with E-state index in [0.717, 1.165) is 18.5 Å². The van der Waals surface area contributed by atoms with E-state index in [1.165, 1.54) is 0 Å². The van der Waals surface area contributed by atoms with Crippen LogP contribution in [0.5, 0.6) is 0 Å². The second kappa shape index (κ2) is 7.78. The van der Waals surface area contributed by atoms with Crippen LogP contribution in [0.3, 0.4) is 0 Å². The molecule has 1 aromatic rings. The molecule has 0 saturated carbocycles. The summed E-state index contributed by atoms with van der Waals surface area (Å²) in [6.07, 6.45) is 1.67. The lowest BCUT2D eigenvalue weighted by Gasteiger charge is -2.32. The van der Waals surface area contributed by atoms with Gasteiger partial charge in [0.25, 0.3) is 0 Å². The van der Waals surface area contributed by atoms with Gasteiger partial charge < -0.3 is 15.0 Å². The lowest BCUT2D eigenvalue weighted by molar-refractivity contribution is -0.138. The van der Waals surface area contributed by atoms with Crippen LogP contribution in [0.1, 0.15) is 19.8 Å². The minimum absolute atomic E-state index is 0.0184. The van der Waals surface area contributed by atoms with E-state index in [-0.39, 0.29) is 24.3 Å². The van der Waals surface area contributed by atoms with Gasteiger partial charge in [-0.15, -0.1) is 0 Å². The normalized spacial score (nSPS) is 18.3. The van der Waals surface area contributed by atoms with E-state index in [2.05, 4.69) is 5.32 Å². The molecule has 1 fully saturated rings.